The van der Waals surface area contributed by atoms with Crippen LogP contribution in [0.4, 0.5) is 0 Å². The Morgan fingerprint density at radius 3 is 1.70 bits per heavy atom. The molecule has 0 aliphatic heterocycles. The van der Waals surface area contributed by atoms with E-state index in [2.05, 4.69) is 31.9 Å². The van der Waals surface area contributed by atoms with Crippen LogP contribution in [-0.4, -0.2) is 23.3 Å². The number of hydrogen-bond acceptors (Lipinski definition) is 2. The van der Waals surface area contributed by atoms with Crippen LogP contribution in [0.3, 0.4) is 0 Å². The molecule has 0 spiro atoms. The Bertz CT molecular complexity index is 658. The minimum Gasteiger partial charge on any atom is -0.274 e. The van der Waals surface area contributed by atoms with Gasteiger partial charge in [-0.1, -0.05) is 37.6 Å². The van der Waals surface area contributed by atoms with Gasteiger partial charge in [0.05, 0.1) is 11.1 Å². The molecule has 0 aromatic heterocycles. The number of unbranched alkanes of at least 4 members (excludes halogenated alkanes) is 1. The van der Waals surface area contributed by atoms with E-state index >= 15 is 0 Å². The summed E-state index contributed by atoms with van der Waals surface area (Å²) in [6.45, 7) is 2.43. The molecule has 0 N–H and O–H groups in total. The van der Waals surface area contributed by atoms with Crippen LogP contribution in [0, 0.1) is 0 Å². The molecule has 0 unspecified atom stereocenters. The van der Waals surface area contributed by atoms with Crippen LogP contribution in [-0.2, 0) is 0 Å². The van der Waals surface area contributed by atoms with E-state index in [4.69, 9.17) is 0 Å². The standard InChI is InChI=1S/C18H17Br2NO2/c1-2-3-12-21(17(22)13-8-4-6-10-15(13)19)18(23)14-9-5-7-11-16(14)20/h4-11H,2-3,12H2,1H3. The van der Waals surface area contributed by atoms with Crippen molar-refractivity contribution in [2.75, 3.05) is 6.54 Å². The minimum absolute atomic E-state index is 0.285. The maximum absolute atomic E-state index is 12.9. The fourth-order valence-corrected chi connectivity index (χ4v) is 3.08. The summed E-state index contributed by atoms with van der Waals surface area (Å²) in [5, 5.41) is 0. The van der Waals surface area contributed by atoms with Crippen molar-refractivity contribution in [2.45, 2.75) is 19.8 Å². The lowest BCUT2D eigenvalue weighted by Crippen LogP contribution is -2.38. The molecular weight excluding hydrogens is 422 g/mol. The Morgan fingerprint density at radius 1 is 0.870 bits per heavy atom. The van der Waals surface area contributed by atoms with Crippen molar-refractivity contribution in [3.8, 4) is 0 Å². The van der Waals surface area contributed by atoms with Crippen LogP contribution in [0.5, 0.6) is 0 Å². The van der Waals surface area contributed by atoms with Crippen LogP contribution < -0.4 is 0 Å². The van der Waals surface area contributed by atoms with E-state index < -0.39 is 0 Å². The molecule has 0 bridgehead atoms. The highest BCUT2D eigenvalue weighted by atomic mass is 79.9. The van der Waals surface area contributed by atoms with Gasteiger partial charge in [-0.15, -0.1) is 0 Å². The zero-order valence-corrected chi connectivity index (χ0v) is 15.9. The molecule has 0 fully saturated rings. The molecule has 2 aromatic rings. The van der Waals surface area contributed by atoms with E-state index in [1.807, 2.05) is 19.1 Å². The van der Waals surface area contributed by atoms with Crippen LogP contribution in [0.15, 0.2) is 57.5 Å². The first kappa shape index (κ1) is 17.9. The molecule has 2 rings (SSSR count). The molecular formula is C18H17Br2NO2. The SMILES string of the molecule is CCCCN(C(=O)c1ccccc1Br)C(=O)c1ccccc1Br. The number of carbonyl (C=O) groups is 2. The molecule has 0 saturated heterocycles. The topological polar surface area (TPSA) is 37.4 Å². The van der Waals surface area contributed by atoms with Gasteiger partial charge in [0.1, 0.15) is 0 Å². The van der Waals surface area contributed by atoms with Crippen LogP contribution in [0.2, 0.25) is 0 Å². The van der Waals surface area contributed by atoms with Gasteiger partial charge in [0, 0.05) is 15.5 Å². The molecule has 3 nitrogen and oxygen atoms in total. The number of rotatable bonds is 5. The highest BCUT2D eigenvalue weighted by Crippen LogP contribution is 2.22. The monoisotopic (exact) mass is 437 g/mol. The maximum atomic E-state index is 12.9. The molecule has 0 radical (unpaired) electrons. The Labute approximate surface area is 152 Å². The van der Waals surface area contributed by atoms with Crippen molar-refractivity contribution in [3.05, 3.63) is 68.6 Å². The first-order valence-corrected chi connectivity index (χ1v) is 9.00. The van der Waals surface area contributed by atoms with Gasteiger partial charge >= 0.3 is 0 Å². The lowest BCUT2D eigenvalue weighted by molar-refractivity contribution is 0.0613. The van der Waals surface area contributed by atoms with E-state index in [0.717, 1.165) is 12.8 Å². The van der Waals surface area contributed by atoms with Crippen molar-refractivity contribution >= 4 is 43.7 Å². The van der Waals surface area contributed by atoms with E-state index in [-0.39, 0.29) is 11.8 Å². The molecule has 120 valence electrons. The average Bonchev–Trinajstić information content (AvgIpc) is 2.55. The zero-order valence-electron chi connectivity index (χ0n) is 12.8. The Balaban J connectivity index is 2.37. The normalized spacial score (nSPS) is 10.4. The third-order valence-electron chi connectivity index (χ3n) is 3.43. The molecule has 0 aliphatic rings. The lowest BCUT2D eigenvalue weighted by atomic mass is 10.1. The second-order valence-electron chi connectivity index (χ2n) is 5.08. The first-order chi connectivity index (χ1) is 11.1. The Hall–Kier alpha value is -1.46. The highest BCUT2D eigenvalue weighted by molar-refractivity contribution is 9.10. The van der Waals surface area contributed by atoms with Gasteiger partial charge in [-0.25, -0.2) is 0 Å². The molecule has 5 heteroatoms. The van der Waals surface area contributed by atoms with Gasteiger partial charge in [-0.05, 0) is 62.5 Å². The number of amides is 2. The quantitative estimate of drug-likeness (QED) is 0.594. The van der Waals surface area contributed by atoms with Crippen LogP contribution >= 0.6 is 31.9 Å². The van der Waals surface area contributed by atoms with Crippen molar-refractivity contribution in [1.82, 2.24) is 4.90 Å². The molecule has 0 saturated carbocycles. The molecule has 0 heterocycles. The third kappa shape index (κ3) is 4.30. The van der Waals surface area contributed by atoms with Crippen molar-refractivity contribution in [2.24, 2.45) is 0 Å². The van der Waals surface area contributed by atoms with E-state index in [1.54, 1.807) is 36.4 Å². The Morgan fingerprint density at radius 2 is 1.30 bits per heavy atom. The summed E-state index contributed by atoms with van der Waals surface area (Å²) in [7, 11) is 0. The smallest absolute Gasteiger partial charge is 0.261 e. The van der Waals surface area contributed by atoms with Gasteiger partial charge in [-0.3, -0.25) is 14.5 Å². The van der Waals surface area contributed by atoms with Gasteiger partial charge in [0.25, 0.3) is 11.8 Å². The largest absolute Gasteiger partial charge is 0.274 e. The minimum atomic E-state index is -0.285. The van der Waals surface area contributed by atoms with Crippen molar-refractivity contribution < 1.29 is 9.59 Å². The van der Waals surface area contributed by atoms with E-state index in [1.165, 1.54) is 4.90 Å². The summed E-state index contributed by atoms with van der Waals surface area (Å²) in [6, 6.07) is 14.3. The fraction of sp³-hybridized carbons (Fsp3) is 0.222. The molecule has 2 aromatic carbocycles. The summed E-state index contributed by atoms with van der Waals surface area (Å²) in [5.41, 5.74) is 0.980. The molecule has 0 aliphatic carbocycles. The number of halogens is 2. The van der Waals surface area contributed by atoms with Crippen molar-refractivity contribution in [3.63, 3.8) is 0 Å². The van der Waals surface area contributed by atoms with Gasteiger partial charge in [0.15, 0.2) is 0 Å². The first-order valence-electron chi connectivity index (χ1n) is 7.41. The number of imide groups is 1. The second-order valence-corrected chi connectivity index (χ2v) is 6.78. The average molecular weight is 439 g/mol. The summed E-state index contributed by atoms with van der Waals surface area (Å²) < 4.78 is 1.37. The lowest BCUT2D eigenvalue weighted by Gasteiger charge is -2.22. The predicted molar refractivity (Wildman–Crippen MR) is 98.6 cm³/mol. The number of hydrogen-bond donors (Lipinski definition) is 0. The van der Waals surface area contributed by atoms with Gasteiger partial charge in [0.2, 0.25) is 0 Å². The molecule has 23 heavy (non-hydrogen) atoms. The van der Waals surface area contributed by atoms with Crippen molar-refractivity contribution in [1.29, 1.82) is 0 Å². The van der Waals surface area contributed by atoms with Gasteiger partial charge in [-0.2, -0.15) is 0 Å². The fourth-order valence-electron chi connectivity index (χ4n) is 2.17. The number of carbonyl (C=O) groups excluding carboxylic acids is 2. The summed E-state index contributed by atoms with van der Waals surface area (Å²) >= 11 is 6.77. The van der Waals surface area contributed by atoms with Crippen LogP contribution in [0.1, 0.15) is 40.5 Å². The van der Waals surface area contributed by atoms with Gasteiger partial charge < -0.3 is 0 Å². The van der Waals surface area contributed by atoms with E-state index in [0.29, 0.717) is 26.6 Å². The second kappa shape index (κ2) is 8.41. The van der Waals surface area contributed by atoms with E-state index in [9.17, 15) is 9.59 Å². The zero-order chi connectivity index (χ0) is 16.8. The third-order valence-corrected chi connectivity index (χ3v) is 4.82. The summed E-state index contributed by atoms with van der Waals surface area (Å²) in [4.78, 5) is 27.0. The Kier molecular flexibility index (Phi) is 6.54. The molecule has 2 amide bonds. The maximum Gasteiger partial charge on any atom is 0.261 e. The number of benzene rings is 2. The summed E-state index contributed by atoms with van der Waals surface area (Å²) in [5.74, 6) is -0.571. The summed E-state index contributed by atoms with van der Waals surface area (Å²) in [6.07, 6.45) is 1.68. The number of nitrogens with zero attached hydrogens (tertiary/aromatic N) is 1. The highest BCUT2D eigenvalue weighted by Gasteiger charge is 2.26. The molecule has 0 atom stereocenters. The predicted octanol–water partition coefficient (Wildman–Crippen LogP) is 5.29. The van der Waals surface area contributed by atoms with Crippen LogP contribution in [0.25, 0.3) is 0 Å².